The third kappa shape index (κ3) is 3.64. The predicted octanol–water partition coefficient (Wildman–Crippen LogP) is 5.47. The number of rotatable bonds is 5. The van der Waals surface area contributed by atoms with E-state index in [1.165, 1.54) is 18.4 Å². The number of nitrogens with one attached hydrogen (secondary N) is 1. The van der Waals surface area contributed by atoms with Gasteiger partial charge in [0.1, 0.15) is 5.76 Å². The quantitative estimate of drug-likeness (QED) is 0.762. The fourth-order valence-corrected chi connectivity index (χ4v) is 2.62. The normalized spacial score (nSPS) is 12.5. The van der Waals surface area contributed by atoms with Crippen molar-refractivity contribution in [3.8, 4) is 5.75 Å². The Hall–Kier alpha value is -1.27. The number of benzene rings is 1. The minimum atomic E-state index is -2.92. The van der Waals surface area contributed by atoms with E-state index in [2.05, 4.69) is 26.0 Å². The van der Waals surface area contributed by atoms with Gasteiger partial charge in [-0.1, -0.05) is 11.6 Å². The highest BCUT2D eigenvalue weighted by Crippen LogP contribution is 2.39. The smallest absolute Gasteiger partial charge is 0.387 e. The Bertz CT molecular complexity index is 578. The minimum Gasteiger partial charge on any atom is -0.467 e. The molecule has 0 saturated heterocycles. The standard InChI is InChI=1S/C13H11BrClF2NO2/c1-7(11-3-2-4-19-11)18-10-6-8(15)5-9(14)12(10)20-13(16)17/h2-7,13,18H,1H3. The summed E-state index contributed by atoms with van der Waals surface area (Å²) in [5, 5.41) is 3.43. The first-order chi connectivity index (χ1) is 9.47. The van der Waals surface area contributed by atoms with Gasteiger partial charge in [-0.15, -0.1) is 0 Å². The van der Waals surface area contributed by atoms with E-state index in [4.69, 9.17) is 16.0 Å². The van der Waals surface area contributed by atoms with Gasteiger partial charge in [-0.3, -0.25) is 0 Å². The maximum Gasteiger partial charge on any atom is 0.387 e. The number of ether oxygens (including phenoxy) is 1. The third-order valence-corrected chi connectivity index (χ3v) is 3.36. The summed E-state index contributed by atoms with van der Waals surface area (Å²) in [5.74, 6) is 0.673. The zero-order valence-electron chi connectivity index (χ0n) is 10.4. The van der Waals surface area contributed by atoms with E-state index in [0.717, 1.165) is 0 Å². The second kappa shape index (κ2) is 6.45. The first-order valence-corrected chi connectivity index (χ1v) is 6.88. The Morgan fingerprint density at radius 1 is 1.40 bits per heavy atom. The van der Waals surface area contributed by atoms with Crippen molar-refractivity contribution in [1.29, 1.82) is 0 Å². The molecule has 1 unspecified atom stereocenters. The van der Waals surface area contributed by atoms with E-state index in [9.17, 15) is 8.78 Å². The molecule has 0 saturated carbocycles. The molecule has 0 radical (unpaired) electrons. The van der Waals surface area contributed by atoms with Crippen LogP contribution in [0.25, 0.3) is 0 Å². The van der Waals surface area contributed by atoms with Gasteiger partial charge in [-0.2, -0.15) is 8.78 Å². The summed E-state index contributed by atoms with van der Waals surface area (Å²) in [7, 11) is 0. The topological polar surface area (TPSA) is 34.4 Å². The van der Waals surface area contributed by atoms with Crippen molar-refractivity contribution in [2.24, 2.45) is 0 Å². The lowest BCUT2D eigenvalue weighted by Gasteiger charge is -2.18. The number of furan rings is 1. The molecule has 108 valence electrons. The fraction of sp³-hybridized carbons (Fsp3) is 0.231. The van der Waals surface area contributed by atoms with Gasteiger partial charge < -0.3 is 14.5 Å². The average Bonchev–Trinajstić information content (AvgIpc) is 2.87. The highest BCUT2D eigenvalue weighted by Gasteiger charge is 2.17. The molecular weight excluding hydrogens is 356 g/mol. The van der Waals surface area contributed by atoms with E-state index < -0.39 is 6.61 Å². The Morgan fingerprint density at radius 3 is 2.75 bits per heavy atom. The molecule has 1 aromatic heterocycles. The molecule has 0 aliphatic heterocycles. The van der Waals surface area contributed by atoms with Crippen LogP contribution in [0.3, 0.4) is 0 Å². The SMILES string of the molecule is CC(Nc1cc(Cl)cc(Br)c1OC(F)F)c1ccco1. The van der Waals surface area contributed by atoms with Gasteiger partial charge >= 0.3 is 6.61 Å². The van der Waals surface area contributed by atoms with Crippen molar-refractivity contribution in [2.45, 2.75) is 19.6 Å². The van der Waals surface area contributed by atoms with Crippen molar-refractivity contribution in [2.75, 3.05) is 5.32 Å². The lowest BCUT2D eigenvalue weighted by molar-refractivity contribution is -0.0498. The van der Waals surface area contributed by atoms with E-state index in [1.54, 1.807) is 12.1 Å². The molecule has 1 heterocycles. The second-order valence-electron chi connectivity index (χ2n) is 4.02. The number of anilines is 1. The lowest BCUT2D eigenvalue weighted by Crippen LogP contribution is -2.10. The summed E-state index contributed by atoms with van der Waals surface area (Å²) in [5.41, 5.74) is 0.355. The third-order valence-electron chi connectivity index (χ3n) is 2.56. The summed E-state index contributed by atoms with van der Waals surface area (Å²) < 4.78 is 35.1. The molecule has 2 rings (SSSR count). The Morgan fingerprint density at radius 2 is 2.15 bits per heavy atom. The molecule has 0 spiro atoms. The van der Waals surface area contributed by atoms with Crippen molar-refractivity contribution in [1.82, 2.24) is 0 Å². The van der Waals surface area contributed by atoms with Crippen LogP contribution in [0.4, 0.5) is 14.5 Å². The summed E-state index contributed by atoms with van der Waals surface area (Å²) in [6.45, 7) is -1.09. The van der Waals surface area contributed by atoms with Crippen LogP contribution in [0, 0.1) is 0 Å². The summed E-state index contributed by atoms with van der Waals surface area (Å²) in [6, 6.07) is 6.31. The van der Waals surface area contributed by atoms with E-state index in [1.807, 2.05) is 6.92 Å². The van der Waals surface area contributed by atoms with Crippen LogP contribution < -0.4 is 10.1 Å². The fourth-order valence-electron chi connectivity index (χ4n) is 1.72. The van der Waals surface area contributed by atoms with Crippen LogP contribution in [0.2, 0.25) is 5.02 Å². The molecule has 1 N–H and O–H groups in total. The van der Waals surface area contributed by atoms with Gasteiger partial charge in [-0.25, -0.2) is 0 Å². The highest BCUT2D eigenvalue weighted by molar-refractivity contribution is 9.10. The minimum absolute atomic E-state index is 0.00260. The highest BCUT2D eigenvalue weighted by atomic mass is 79.9. The molecule has 20 heavy (non-hydrogen) atoms. The molecule has 0 aliphatic carbocycles. The number of hydrogen-bond acceptors (Lipinski definition) is 3. The maximum absolute atomic E-state index is 12.5. The first kappa shape index (κ1) is 15.1. The zero-order valence-corrected chi connectivity index (χ0v) is 12.7. The first-order valence-electron chi connectivity index (χ1n) is 5.71. The Kier molecular flexibility index (Phi) is 4.88. The molecule has 1 aromatic carbocycles. The van der Waals surface area contributed by atoms with Gasteiger partial charge in [-0.05, 0) is 47.1 Å². The van der Waals surface area contributed by atoms with Gasteiger partial charge in [0, 0.05) is 5.02 Å². The molecule has 1 atom stereocenters. The number of hydrogen-bond donors (Lipinski definition) is 1. The van der Waals surface area contributed by atoms with Crippen molar-refractivity contribution in [3.05, 3.63) is 45.8 Å². The summed E-state index contributed by atoms with van der Waals surface area (Å²) in [4.78, 5) is 0. The van der Waals surface area contributed by atoms with Gasteiger partial charge in [0.2, 0.25) is 0 Å². The van der Waals surface area contributed by atoms with Crippen LogP contribution in [0.1, 0.15) is 18.7 Å². The predicted molar refractivity (Wildman–Crippen MR) is 76.5 cm³/mol. The average molecular weight is 367 g/mol. The van der Waals surface area contributed by atoms with E-state index >= 15 is 0 Å². The summed E-state index contributed by atoms with van der Waals surface area (Å²) >= 11 is 9.09. The van der Waals surface area contributed by atoms with E-state index in [-0.39, 0.29) is 11.8 Å². The van der Waals surface area contributed by atoms with Crippen LogP contribution >= 0.6 is 27.5 Å². The second-order valence-corrected chi connectivity index (χ2v) is 5.32. The van der Waals surface area contributed by atoms with Crippen LogP contribution in [0.5, 0.6) is 5.75 Å². The molecule has 0 bridgehead atoms. The number of alkyl halides is 2. The molecule has 0 amide bonds. The van der Waals surface area contributed by atoms with Crippen LogP contribution in [0.15, 0.2) is 39.4 Å². The summed E-state index contributed by atoms with van der Waals surface area (Å²) in [6.07, 6.45) is 1.54. The lowest BCUT2D eigenvalue weighted by atomic mass is 10.2. The molecule has 0 aliphatic rings. The van der Waals surface area contributed by atoms with Crippen molar-refractivity contribution < 1.29 is 17.9 Å². The Labute approximate surface area is 128 Å². The van der Waals surface area contributed by atoms with Gasteiger partial charge in [0.15, 0.2) is 5.75 Å². The molecule has 2 aromatic rings. The van der Waals surface area contributed by atoms with Crippen LogP contribution in [-0.2, 0) is 0 Å². The van der Waals surface area contributed by atoms with Gasteiger partial charge in [0.05, 0.1) is 22.5 Å². The van der Waals surface area contributed by atoms with Crippen molar-refractivity contribution in [3.63, 3.8) is 0 Å². The monoisotopic (exact) mass is 365 g/mol. The van der Waals surface area contributed by atoms with Gasteiger partial charge in [0.25, 0.3) is 0 Å². The van der Waals surface area contributed by atoms with Crippen LogP contribution in [-0.4, -0.2) is 6.61 Å². The maximum atomic E-state index is 12.5. The Balaban J connectivity index is 2.29. The molecular formula is C13H11BrClF2NO2. The largest absolute Gasteiger partial charge is 0.467 e. The molecule has 3 nitrogen and oxygen atoms in total. The molecule has 0 fully saturated rings. The van der Waals surface area contributed by atoms with Crippen molar-refractivity contribution >= 4 is 33.2 Å². The number of halogens is 4. The molecule has 7 heteroatoms. The van der Waals surface area contributed by atoms with E-state index in [0.29, 0.717) is 20.9 Å². The zero-order chi connectivity index (χ0) is 14.7.